The minimum Gasteiger partial charge on any atom is -0.494 e. The van der Waals surface area contributed by atoms with Crippen LogP contribution in [-0.2, 0) is 14.9 Å². The molecule has 7 rings (SSSR count). The molecular weight excluding hydrogens is 637 g/mol. The summed E-state index contributed by atoms with van der Waals surface area (Å²) in [4.78, 5) is 19.0. The number of aromatic nitrogens is 1. The van der Waals surface area contributed by atoms with Gasteiger partial charge in [-0.05, 0) is 109 Å². The maximum absolute atomic E-state index is 11.7. The van der Waals surface area contributed by atoms with Gasteiger partial charge in [0, 0.05) is 39.7 Å². The first-order valence-electron chi connectivity index (χ1n) is 17.5. The van der Waals surface area contributed by atoms with Gasteiger partial charge in [0.15, 0.2) is 0 Å². The first-order chi connectivity index (χ1) is 24.4. The summed E-state index contributed by atoms with van der Waals surface area (Å²) in [6, 6.07) is 41.1. The fraction of sp³-hybridized carbons (Fsp3) is 0.227. The molecule has 0 amide bonds. The van der Waals surface area contributed by atoms with E-state index in [4.69, 9.17) is 14.5 Å². The third-order valence-corrected chi connectivity index (χ3v) is 10.9. The molecule has 5 aromatic carbocycles. The fourth-order valence-corrected chi connectivity index (χ4v) is 8.14. The van der Waals surface area contributed by atoms with Crippen LogP contribution in [0.1, 0.15) is 57.6 Å². The van der Waals surface area contributed by atoms with Crippen LogP contribution >= 0.6 is 11.3 Å². The largest absolute Gasteiger partial charge is 0.494 e. The van der Waals surface area contributed by atoms with Crippen molar-refractivity contribution in [3.8, 4) is 27.4 Å². The number of nitrogens with zero attached hydrogens (tertiary/aromatic N) is 2. The molecule has 0 radical (unpaired) electrons. The Bertz CT molecular complexity index is 2130. The zero-order valence-electron chi connectivity index (χ0n) is 28.9. The Morgan fingerprint density at radius 1 is 0.760 bits per heavy atom. The van der Waals surface area contributed by atoms with Crippen LogP contribution in [0.25, 0.3) is 31.9 Å². The Labute approximate surface area is 298 Å². The van der Waals surface area contributed by atoms with E-state index in [-0.39, 0.29) is 11.4 Å². The summed E-state index contributed by atoms with van der Waals surface area (Å²) in [5, 5.41) is 1.07. The molecule has 0 spiro atoms. The third kappa shape index (κ3) is 6.32. The molecule has 0 fully saturated rings. The maximum Gasteiger partial charge on any atom is 0.333 e. The van der Waals surface area contributed by atoms with E-state index in [0.717, 1.165) is 59.0 Å². The molecule has 0 saturated carbocycles. The molecule has 6 heteroatoms. The summed E-state index contributed by atoms with van der Waals surface area (Å²) in [5.74, 6) is 0.453. The number of carbonyl (C=O) groups excluding carboxylic acids is 1. The van der Waals surface area contributed by atoms with Gasteiger partial charge < -0.3 is 14.4 Å². The number of anilines is 3. The molecule has 0 atom stereocenters. The Morgan fingerprint density at radius 3 is 2.20 bits per heavy atom. The number of rotatable bonds is 13. The molecule has 0 aliphatic heterocycles. The van der Waals surface area contributed by atoms with Gasteiger partial charge in [-0.1, -0.05) is 75.0 Å². The standard InChI is InChI=1S/C44H42N2O3S/c1-5-44(6-2)38-27-31(42-45-40-19-10-11-20-41(40)50-42)21-23-36(38)37-24-22-34(29-39(37)44)46(32-15-8-7-9-16-32)33-17-14-18-35(28-33)48-25-12-13-26-49-43(47)30(3)4/h7-11,14-24,27-29H,3,5-6,12-13,25-26H2,1-2,4H3. The van der Waals surface area contributed by atoms with Crippen molar-refractivity contribution >= 4 is 44.6 Å². The molecule has 6 aromatic rings. The third-order valence-electron chi connectivity index (χ3n) is 9.83. The van der Waals surface area contributed by atoms with E-state index in [2.05, 4.69) is 128 Å². The Hall–Kier alpha value is -5.20. The molecule has 0 N–H and O–H groups in total. The molecule has 5 nitrogen and oxygen atoms in total. The number of hydrogen-bond acceptors (Lipinski definition) is 6. The van der Waals surface area contributed by atoms with Gasteiger partial charge in [0.2, 0.25) is 0 Å². The quantitative estimate of drug-likeness (QED) is 0.0691. The van der Waals surface area contributed by atoms with Crippen molar-refractivity contribution in [1.29, 1.82) is 0 Å². The van der Waals surface area contributed by atoms with Crippen molar-refractivity contribution < 1.29 is 14.3 Å². The van der Waals surface area contributed by atoms with Crippen molar-refractivity contribution in [1.82, 2.24) is 4.98 Å². The fourth-order valence-electron chi connectivity index (χ4n) is 7.18. The summed E-state index contributed by atoms with van der Waals surface area (Å²) in [7, 11) is 0. The highest BCUT2D eigenvalue weighted by atomic mass is 32.1. The summed E-state index contributed by atoms with van der Waals surface area (Å²) in [6.07, 6.45) is 3.50. The average molecular weight is 679 g/mol. The number of para-hydroxylation sites is 2. The molecule has 0 unspecified atom stereocenters. The molecule has 252 valence electrons. The number of carbonyl (C=O) groups is 1. The lowest BCUT2D eigenvalue weighted by atomic mass is 9.73. The number of ether oxygens (including phenoxy) is 2. The predicted octanol–water partition coefficient (Wildman–Crippen LogP) is 11.8. The minimum atomic E-state index is -0.348. The van der Waals surface area contributed by atoms with E-state index in [1.54, 1.807) is 18.3 Å². The van der Waals surface area contributed by atoms with Gasteiger partial charge in [-0.15, -0.1) is 11.3 Å². The minimum absolute atomic E-state index is 0.112. The van der Waals surface area contributed by atoms with E-state index in [1.165, 1.54) is 32.5 Å². The van der Waals surface area contributed by atoms with Crippen molar-refractivity contribution in [3.05, 3.63) is 139 Å². The first-order valence-corrected chi connectivity index (χ1v) is 18.3. The monoisotopic (exact) mass is 678 g/mol. The second kappa shape index (κ2) is 14.3. The summed E-state index contributed by atoms with van der Waals surface area (Å²) < 4.78 is 12.6. The smallest absolute Gasteiger partial charge is 0.333 e. The van der Waals surface area contributed by atoms with Crippen molar-refractivity contribution in [3.63, 3.8) is 0 Å². The zero-order chi connectivity index (χ0) is 34.7. The molecular formula is C44H42N2O3S. The normalized spacial score (nSPS) is 12.7. The van der Waals surface area contributed by atoms with Crippen molar-refractivity contribution in [2.75, 3.05) is 18.1 Å². The van der Waals surface area contributed by atoms with E-state index >= 15 is 0 Å². The van der Waals surface area contributed by atoms with Crippen LogP contribution in [0.4, 0.5) is 17.1 Å². The van der Waals surface area contributed by atoms with Crippen molar-refractivity contribution in [2.24, 2.45) is 0 Å². The lowest BCUT2D eigenvalue weighted by Gasteiger charge is -2.32. The number of unbranched alkanes of at least 4 members (excludes halogenated alkanes) is 1. The average Bonchev–Trinajstić information content (AvgIpc) is 3.70. The maximum atomic E-state index is 11.7. The number of thiazole rings is 1. The van der Waals surface area contributed by atoms with Gasteiger partial charge in [-0.3, -0.25) is 0 Å². The van der Waals surface area contributed by atoms with Gasteiger partial charge in [0.25, 0.3) is 0 Å². The highest BCUT2D eigenvalue weighted by Gasteiger charge is 2.41. The van der Waals surface area contributed by atoms with E-state index in [1.807, 2.05) is 12.1 Å². The second-order valence-electron chi connectivity index (χ2n) is 12.9. The van der Waals surface area contributed by atoms with Crippen molar-refractivity contribution in [2.45, 2.75) is 51.9 Å². The van der Waals surface area contributed by atoms with E-state index in [0.29, 0.717) is 18.8 Å². The zero-order valence-corrected chi connectivity index (χ0v) is 29.8. The first kappa shape index (κ1) is 33.3. The van der Waals surface area contributed by atoms with Crippen LogP contribution in [0.15, 0.2) is 127 Å². The van der Waals surface area contributed by atoms with Gasteiger partial charge >= 0.3 is 5.97 Å². The molecule has 1 aliphatic rings. The highest BCUT2D eigenvalue weighted by molar-refractivity contribution is 7.21. The number of hydrogen-bond donors (Lipinski definition) is 0. The van der Waals surface area contributed by atoms with Gasteiger partial charge in [-0.2, -0.15) is 0 Å². The van der Waals surface area contributed by atoms with Crippen LogP contribution in [-0.4, -0.2) is 24.2 Å². The van der Waals surface area contributed by atoms with E-state index in [9.17, 15) is 4.79 Å². The van der Waals surface area contributed by atoms with Crippen LogP contribution in [0.5, 0.6) is 5.75 Å². The lowest BCUT2D eigenvalue weighted by Crippen LogP contribution is -2.23. The van der Waals surface area contributed by atoms with Crippen LogP contribution in [0, 0.1) is 0 Å². The number of fused-ring (bicyclic) bond motifs is 4. The topological polar surface area (TPSA) is 51.7 Å². The molecule has 0 saturated heterocycles. The molecule has 1 aromatic heterocycles. The Morgan fingerprint density at radius 2 is 1.44 bits per heavy atom. The van der Waals surface area contributed by atoms with Gasteiger partial charge in [-0.25, -0.2) is 9.78 Å². The molecule has 50 heavy (non-hydrogen) atoms. The second-order valence-corrected chi connectivity index (χ2v) is 13.9. The van der Waals surface area contributed by atoms with Gasteiger partial charge in [0.05, 0.1) is 23.4 Å². The summed E-state index contributed by atoms with van der Waals surface area (Å²) in [5.41, 5.74) is 11.1. The Kier molecular flexibility index (Phi) is 9.55. The summed E-state index contributed by atoms with van der Waals surface area (Å²) >= 11 is 1.76. The van der Waals surface area contributed by atoms with Crippen LogP contribution in [0.2, 0.25) is 0 Å². The molecule has 0 bridgehead atoms. The van der Waals surface area contributed by atoms with E-state index < -0.39 is 0 Å². The van der Waals surface area contributed by atoms with Gasteiger partial charge in [0.1, 0.15) is 10.8 Å². The van der Waals surface area contributed by atoms with Crippen LogP contribution < -0.4 is 9.64 Å². The highest BCUT2D eigenvalue weighted by Crippen LogP contribution is 2.55. The lowest BCUT2D eigenvalue weighted by molar-refractivity contribution is -0.139. The number of esters is 1. The predicted molar refractivity (Wildman–Crippen MR) is 207 cm³/mol. The SMILES string of the molecule is C=C(C)C(=O)OCCCCOc1cccc(N(c2ccccc2)c2ccc3c(c2)C(CC)(CC)c2cc(-c4nc5ccccc5s4)ccc2-3)c1. The number of benzene rings is 5. The van der Waals surface area contributed by atoms with Crippen LogP contribution in [0.3, 0.4) is 0 Å². The Balaban J connectivity index is 1.20. The molecule has 1 heterocycles. The summed E-state index contributed by atoms with van der Waals surface area (Å²) in [6.45, 7) is 10.8. The molecule has 1 aliphatic carbocycles.